The van der Waals surface area contributed by atoms with E-state index in [2.05, 4.69) is 29.9 Å². The van der Waals surface area contributed by atoms with Crippen molar-refractivity contribution in [2.24, 2.45) is 11.8 Å². The van der Waals surface area contributed by atoms with E-state index in [9.17, 15) is 4.79 Å². The van der Waals surface area contributed by atoms with Gasteiger partial charge in [0.2, 0.25) is 5.91 Å². The number of thiol groups is 1. The lowest BCUT2D eigenvalue weighted by Gasteiger charge is -2.29. The number of carbonyl (C=O) groups is 1. The lowest BCUT2D eigenvalue weighted by molar-refractivity contribution is -0.121. The van der Waals surface area contributed by atoms with Crippen LogP contribution in [0.5, 0.6) is 0 Å². The van der Waals surface area contributed by atoms with Gasteiger partial charge in [-0.2, -0.15) is 12.6 Å². The van der Waals surface area contributed by atoms with E-state index in [4.69, 9.17) is 0 Å². The molecule has 1 heterocycles. The summed E-state index contributed by atoms with van der Waals surface area (Å²) in [5, 5.41) is 2.82. The molecule has 1 aliphatic rings. The zero-order chi connectivity index (χ0) is 12.8. The van der Waals surface area contributed by atoms with Gasteiger partial charge in [0.05, 0.1) is 5.25 Å². The highest BCUT2D eigenvalue weighted by Crippen LogP contribution is 2.18. The number of likely N-dealkylation sites (tertiary alicyclic amines) is 1. The topological polar surface area (TPSA) is 32.3 Å². The molecule has 3 nitrogen and oxygen atoms in total. The van der Waals surface area contributed by atoms with E-state index < -0.39 is 0 Å². The first-order valence-electron chi connectivity index (χ1n) is 6.65. The minimum absolute atomic E-state index is 0.0799. The molecule has 1 aliphatic heterocycles. The number of carbonyl (C=O) groups excluding carboxylic acids is 1. The molecule has 17 heavy (non-hydrogen) atoms. The van der Waals surface area contributed by atoms with E-state index in [0.29, 0.717) is 5.92 Å². The summed E-state index contributed by atoms with van der Waals surface area (Å²) in [5.41, 5.74) is 0. The van der Waals surface area contributed by atoms with Crippen LogP contribution in [0.3, 0.4) is 0 Å². The van der Waals surface area contributed by atoms with E-state index in [1.807, 2.05) is 13.8 Å². The smallest absolute Gasteiger partial charge is 0.233 e. The predicted molar refractivity (Wildman–Crippen MR) is 75.5 cm³/mol. The van der Waals surface area contributed by atoms with Gasteiger partial charge in [0.25, 0.3) is 0 Å². The zero-order valence-electron chi connectivity index (χ0n) is 11.3. The highest BCUT2D eigenvalue weighted by Gasteiger charge is 2.19. The van der Waals surface area contributed by atoms with Gasteiger partial charge in [0.1, 0.15) is 0 Å². The molecule has 4 heteroatoms. The molecule has 0 aromatic heterocycles. The second-order valence-electron chi connectivity index (χ2n) is 5.52. The molecule has 1 saturated heterocycles. The van der Waals surface area contributed by atoms with Gasteiger partial charge in [-0.25, -0.2) is 0 Å². The first kappa shape index (κ1) is 14.8. The Balaban J connectivity index is 2.13. The summed E-state index contributed by atoms with van der Waals surface area (Å²) in [6, 6.07) is 0. The summed E-state index contributed by atoms with van der Waals surface area (Å²) < 4.78 is 0. The first-order valence-corrected chi connectivity index (χ1v) is 7.16. The van der Waals surface area contributed by atoms with Crippen LogP contribution in [0.1, 0.15) is 33.1 Å². The van der Waals surface area contributed by atoms with E-state index >= 15 is 0 Å². The van der Waals surface area contributed by atoms with E-state index in [1.165, 1.54) is 25.9 Å². The van der Waals surface area contributed by atoms with E-state index in [1.54, 1.807) is 0 Å². The zero-order valence-corrected chi connectivity index (χ0v) is 12.2. The van der Waals surface area contributed by atoms with Crippen molar-refractivity contribution < 1.29 is 4.79 Å². The Bertz CT molecular complexity index is 238. The average molecular weight is 258 g/mol. The summed E-state index contributed by atoms with van der Waals surface area (Å²) in [4.78, 5) is 14.1. The number of amides is 1. The molecule has 0 radical (unpaired) electrons. The van der Waals surface area contributed by atoms with Crippen molar-refractivity contribution in [3.05, 3.63) is 0 Å². The molecule has 0 saturated carbocycles. The minimum Gasteiger partial charge on any atom is -0.355 e. The molecule has 0 bridgehead atoms. The number of rotatable bonds is 5. The maximum absolute atomic E-state index is 11.7. The maximum Gasteiger partial charge on any atom is 0.233 e. The molecular weight excluding hydrogens is 232 g/mol. The van der Waals surface area contributed by atoms with Gasteiger partial charge in [-0.1, -0.05) is 13.8 Å². The monoisotopic (exact) mass is 258 g/mol. The molecular formula is C13H26N2OS. The van der Waals surface area contributed by atoms with Gasteiger partial charge in [-0.15, -0.1) is 0 Å². The Labute approximate surface area is 111 Å². The van der Waals surface area contributed by atoms with E-state index in [-0.39, 0.29) is 11.2 Å². The fraction of sp³-hybridized carbons (Fsp3) is 0.923. The fourth-order valence-electron chi connectivity index (χ4n) is 2.16. The molecule has 1 atom stereocenters. The number of nitrogens with zero attached hydrogens (tertiary/aromatic N) is 1. The fourth-order valence-corrected chi connectivity index (χ4v) is 2.25. The van der Waals surface area contributed by atoms with Gasteiger partial charge >= 0.3 is 0 Å². The summed E-state index contributed by atoms with van der Waals surface area (Å²) in [7, 11) is 2.17. The maximum atomic E-state index is 11.7. The van der Waals surface area contributed by atoms with Gasteiger partial charge in [0, 0.05) is 6.54 Å². The van der Waals surface area contributed by atoms with Crippen molar-refractivity contribution in [3.8, 4) is 0 Å². The lowest BCUT2D eigenvalue weighted by atomic mass is 9.94. The van der Waals surface area contributed by atoms with Crippen LogP contribution >= 0.6 is 12.6 Å². The predicted octanol–water partition coefficient (Wildman–Crippen LogP) is 1.79. The molecule has 1 rings (SSSR count). The Morgan fingerprint density at radius 3 is 2.53 bits per heavy atom. The number of hydrogen-bond acceptors (Lipinski definition) is 3. The van der Waals surface area contributed by atoms with Crippen molar-refractivity contribution in [2.45, 2.75) is 38.4 Å². The third-order valence-electron chi connectivity index (χ3n) is 3.59. The molecule has 0 spiro atoms. The average Bonchev–Trinajstić information content (AvgIpc) is 2.30. The summed E-state index contributed by atoms with van der Waals surface area (Å²) in [5.74, 6) is 1.15. The van der Waals surface area contributed by atoms with Gasteiger partial charge < -0.3 is 10.2 Å². The molecule has 1 unspecified atom stereocenters. The highest BCUT2D eigenvalue weighted by molar-refractivity contribution is 7.81. The molecule has 1 amide bonds. The van der Waals surface area contributed by atoms with Gasteiger partial charge in [-0.05, 0) is 51.2 Å². The second kappa shape index (κ2) is 7.27. The van der Waals surface area contributed by atoms with Crippen LogP contribution in [0.15, 0.2) is 0 Å². The largest absolute Gasteiger partial charge is 0.355 e. The Morgan fingerprint density at radius 2 is 2.00 bits per heavy atom. The first-order chi connectivity index (χ1) is 8.00. The summed E-state index contributed by atoms with van der Waals surface area (Å²) >= 11 is 4.31. The Morgan fingerprint density at radius 1 is 1.41 bits per heavy atom. The second-order valence-corrected chi connectivity index (χ2v) is 6.07. The molecule has 0 aliphatic carbocycles. The lowest BCUT2D eigenvalue weighted by Crippen LogP contribution is -2.37. The van der Waals surface area contributed by atoms with E-state index in [0.717, 1.165) is 18.9 Å². The van der Waals surface area contributed by atoms with Crippen LogP contribution in [0.2, 0.25) is 0 Å². The quantitative estimate of drug-likeness (QED) is 0.737. The van der Waals surface area contributed by atoms with Crippen LogP contribution in [0, 0.1) is 11.8 Å². The minimum atomic E-state index is -0.174. The van der Waals surface area contributed by atoms with Crippen LogP contribution < -0.4 is 5.32 Å². The number of piperidine rings is 1. The summed E-state index contributed by atoms with van der Waals surface area (Å²) in [6.07, 6.45) is 3.64. The molecule has 1 N–H and O–H groups in total. The third-order valence-corrected chi connectivity index (χ3v) is 4.42. The Kier molecular flexibility index (Phi) is 6.34. The van der Waals surface area contributed by atoms with Gasteiger partial charge in [-0.3, -0.25) is 4.79 Å². The highest BCUT2D eigenvalue weighted by atomic mass is 32.1. The van der Waals surface area contributed by atoms with Crippen LogP contribution in [0.25, 0.3) is 0 Å². The number of nitrogens with one attached hydrogen (secondary N) is 1. The molecule has 100 valence electrons. The molecule has 1 fully saturated rings. The SMILES string of the molecule is CC(C)C(S)C(=O)NCCC1CCN(C)CC1. The van der Waals surface area contributed by atoms with Crippen molar-refractivity contribution in [3.63, 3.8) is 0 Å². The van der Waals surface area contributed by atoms with Crippen LogP contribution in [0.4, 0.5) is 0 Å². The van der Waals surface area contributed by atoms with Crippen molar-refractivity contribution >= 4 is 18.5 Å². The Hall–Kier alpha value is -0.220. The molecule has 0 aromatic carbocycles. The van der Waals surface area contributed by atoms with Crippen molar-refractivity contribution in [2.75, 3.05) is 26.7 Å². The van der Waals surface area contributed by atoms with Crippen molar-refractivity contribution in [1.29, 1.82) is 0 Å². The summed E-state index contributed by atoms with van der Waals surface area (Å²) in [6.45, 7) is 7.24. The molecule has 0 aromatic rings. The van der Waals surface area contributed by atoms with Gasteiger partial charge in [0.15, 0.2) is 0 Å². The van der Waals surface area contributed by atoms with Crippen molar-refractivity contribution in [1.82, 2.24) is 10.2 Å². The number of hydrogen-bond donors (Lipinski definition) is 2. The third kappa shape index (κ3) is 5.30. The van der Waals surface area contributed by atoms with Crippen LogP contribution in [-0.4, -0.2) is 42.7 Å². The standard InChI is InChI=1S/C13H26N2OS/c1-10(2)12(17)13(16)14-7-4-11-5-8-15(3)9-6-11/h10-12,17H,4-9H2,1-3H3,(H,14,16). The normalized spacial score (nSPS) is 20.5. The van der Waals surface area contributed by atoms with Crippen LogP contribution in [-0.2, 0) is 4.79 Å².